The third-order valence-electron chi connectivity index (χ3n) is 6.56. The van der Waals surface area contributed by atoms with Crippen molar-refractivity contribution in [2.45, 2.75) is 50.0 Å². The van der Waals surface area contributed by atoms with E-state index in [2.05, 4.69) is 10.6 Å². The van der Waals surface area contributed by atoms with Crippen molar-refractivity contribution in [1.82, 2.24) is 15.5 Å². The molecule has 5 rings (SSSR count). The minimum absolute atomic E-state index is 0.145. The predicted octanol–water partition coefficient (Wildman–Crippen LogP) is -0.194. The Morgan fingerprint density at radius 1 is 1.21 bits per heavy atom. The fraction of sp³-hybridized carbons (Fsp3) is 0.500. The van der Waals surface area contributed by atoms with Crippen molar-refractivity contribution in [1.29, 1.82) is 0 Å². The molecule has 0 saturated carbocycles. The Morgan fingerprint density at radius 2 is 1.97 bits per heavy atom. The number of carbonyl (C=O) groups excluding carboxylic acids is 4. The van der Waals surface area contributed by atoms with Gasteiger partial charge < -0.3 is 10.2 Å². The Kier molecular flexibility index (Phi) is 4.25. The molecule has 4 aliphatic heterocycles. The number of hydrogen-bond acceptors (Lipinski definition) is 7. The maximum Gasteiger partial charge on any atom is 0.243 e. The lowest BCUT2D eigenvalue weighted by atomic mass is 9.85. The van der Waals surface area contributed by atoms with Gasteiger partial charge in [0.2, 0.25) is 17.6 Å². The largest absolute Gasteiger partial charge is 0.360 e. The first-order valence-electron chi connectivity index (χ1n) is 9.88. The molecule has 2 amide bonds. The molecule has 0 radical (unpaired) electrons. The molecular weight excluding hydrogens is 379 g/mol. The zero-order valence-electron chi connectivity index (χ0n) is 15.7. The average molecular weight is 400 g/mol. The number of piperidine rings is 2. The Morgan fingerprint density at radius 3 is 2.62 bits per heavy atom. The van der Waals surface area contributed by atoms with E-state index in [0.29, 0.717) is 11.3 Å². The van der Waals surface area contributed by atoms with E-state index in [1.165, 1.54) is 6.07 Å². The van der Waals surface area contributed by atoms with Crippen molar-refractivity contribution in [3.8, 4) is 0 Å². The van der Waals surface area contributed by atoms with Gasteiger partial charge in [0.15, 0.2) is 6.29 Å². The van der Waals surface area contributed by atoms with Gasteiger partial charge in [-0.1, -0.05) is 6.07 Å². The molecular formula is C20H21FN4O4. The zero-order chi connectivity index (χ0) is 20.3. The second-order valence-corrected chi connectivity index (χ2v) is 8.14. The van der Waals surface area contributed by atoms with Gasteiger partial charge in [-0.3, -0.25) is 29.4 Å². The number of carbonyl (C=O) groups is 4. The van der Waals surface area contributed by atoms with Crippen LogP contribution in [0.3, 0.4) is 0 Å². The molecule has 4 unspecified atom stereocenters. The van der Waals surface area contributed by atoms with E-state index in [9.17, 15) is 19.2 Å². The molecule has 0 aromatic heterocycles. The SMILES string of the molecule is O=CC(=O)C1c2c(ccc(F)c2N2C3CNCC2C3)CN1C1CCC(=O)NC1=O. The number of piperazine rings is 1. The number of amides is 2. The zero-order valence-corrected chi connectivity index (χ0v) is 15.7. The summed E-state index contributed by atoms with van der Waals surface area (Å²) in [5.74, 6) is -1.96. The molecule has 9 heteroatoms. The summed E-state index contributed by atoms with van der Waals surface area (Å²) in [6, 6.07) is 1.57. The molecule has 2 N–H and O–H groups in total. The van der Waals surface area contributed by atoms with Crippen LogP contribution < -0.4 is 15.5 Å². The van der Waals surface area contributed by atoms with Gasteiger partial charge in [0.05, 0.1) is 11.7 Å². The van der Waals surface area contributed by atoms with Gasteiger partial charge in [-0.05, 0) is 24.5 Å². The molecule has 4 heterocycles. The van der Waals surface area contributed by atoms with Gasteiger partial charge >= 0.3 is 0 Å². The van der Waals surface area contributed by atoms with E-state index in [1.54, 1.807) is 11.0 Å². The van der Waals surface area contributed by atoms with Crippen molar-refractivity contribution < 1.29 is 23.6 Å². The molecule has 4 atom stereocenters. The number of anilines is 1. The van der Waals surface area contributed by atoms with E-state index in [4.69, 9.17) is 0 Å². The average Bonchev–Trinajstić information content (AvgIpc) is 3.09. The summed E-state index contributed by atoms with van der Waals surface area (Å²) in [6.07, 6.45) is 1.62. The van der Waals surface area contributed by atoms with Crippen LogP contribution in [0, 0.1) is 5.82 Å². The quantitative estimate of drug-likeness (QED) is 0.411. The monoisotopic (exact) mass is 400 g/mol. The second kappa shape index (κ2) is 6.70. The van der Waals surface area contributed by atoms with Crippen LogP contribution in [0.2, 0.25) is 0 Å². The van der Waals surface area contributed by atoms with Gasteiger partial charge in [0.25, 0.3) is 0 Å². The highest BCUT2D eigenvalue weighted by molar-refractivity contribution is 6.28. The van der Waals surface area contributed by atoms with Crippen molar-refractivity contribution in [2.24, 2.45) is 0 Å². The van der Waals surface area contributed by atoms with Crippen molar-refractivity contribution in [3.05, 3.63) is 29.1 Å². The molecule has 8 nitrogen and oxygen atoms in total. The Labute approximate surface area is 166 Å². The number of imide groups is 1. The number of aldehydes is 1. The minimum atomic E-state index is -1.02. The van der Waals surface area contributed by atoms with Crippen molar-refractivity contribution >= 4 is 29.6 Å². The van der Waals surface area contributed by atoms with Crippen LogP contribution >= 0.6 is 0 Å². The second-order valence-electron chi connectivity index (χ2n) is 8.14. The van der Waals surface area contributed by atoms with Gasteiger partial charge in [-0.2, -0.15) is 0 Å². The Bertz CT molecular complexity index is 921. The fourth-order valence-corrected chi connectivity index (χ4v) is 5.29. The van der Waals surface area contributed by atoms with E-state index < -0.39 is 29.6 Å². The van der Waals surface area contributed by atoms with Crippen molar-refractivity contribution in [2.75, 3.05) is 18.0 Å². The highest BCUT2D eigenvalue weighted by Gasteiger charge is 2.49. The lowest BCUT2D eigenvalue weighted by Gasteiger charge is -2.55. The van der Waals surface area contributed by atoms with Gasteiger partial charge in [0.1, 0.15) is 11.9 Å². The normalized spacial score (nSPS) is 31.1. The third kappa shape index (κ3) is 2.71. The molecule has 1 aromatic rings. The van der Waals surface area contributed by atoms with Gasteiger partial charge in [0, 0.05) is 43.7 Å². The smallest absolute Gasteiger partial charge is 0.243 e. The first-order chi connectivity index (χ1) is 14.0. The molecule has 4 aliphatic rings. The highest BCUT2D eigenvalue weighted by Crippen LogP contribution is 2.47. The summed E-state index contributed by atoms with van der Waals surface area (Å²) >= 11 is 0. The molecule has 152 valence electrons. The van der Waals surface area contributed by atoms with Crippen LogP contribution in [0.15, 0.2) is 12.1 Å². The van der Waals surface area contributed by atoms with Crippen LogP contribution in [0.5, 0.6) is 0 Å². The van der Waals surface area contributed by atoms with Gasteiger partial charge in [-0.25, -0.2) is 4.39 Å². The number of nitrogens with one attached hydrogen (secondary N) is 2. The number of nitrogens with zero attached hydrogens (tertiary/aromatic N) is 2. The van der Waals surface area contributed by atoms with Crippen LogP contribution in [0.1, 0.15) is 36.4 Å². The summed E-state index contributed by atoms with van der Waals surface area (Å²) in [6.45, 7) is 1.73. The standard InChI is InChI=1S/C20H21FN4O4/c21-13-2-1-10-8-24(14-3-4-16(28)23-20(14)29)19(15(27)9-26)17(10)18(13)25-11-5-12(25)7-22-6-11/h1-2,9,11-12,14,19,22H,3-8H2,(H,23,28,29). The van der Waals surface area contributed by atoms with E-state index >= 15 is 4.39 Å². The summed E-state index contributed by atoms with van der Waals surface area (Å²) in [5.41, 5.74) is 1.60. The highest BCUT2D eigenvalue weighted by atomic mass is 19.1. The topological polar surface area (TPSA) is 98.8 Å². The first-order valence-corrected chi connectivity index (χ1v) is 9.88. The number of rotatable bonds is 4. The summed E-state index contributed by atoms with van der Waals surface area (Å²) in [7, 11) is 0. The van der Waals surface area contributed by atoms with Crippen LogP contribution in [0.25, 0.3) is 0 Å². The van der Waals surface area contributed by atoms with E-state index in [0.717, 1.165) is 25.1 Å². The molecule has 2 bridgehead atoms. The number of halogens is 1. The number of ketones is 1. The molecule has 29 heavy (non-hydrogen) atoms. The first kappa shape index (κ1) is 18.4. The van der Waals surface area contributed by atoms with Crippen LogP contribution in [-0.4, -0.2) is 60.0 Å². The molecule has 3 saturated heterocycles. The molecule has 3 fully saturated rings. The Balaban J connectivity index is 1.58. The van der Waals surface area contributed by atoms with Crippen LogP contribution in [0.4, 0.5) is 10.1 Å². The maximum absolute atomic E-state index is 15.1. The van der Waals surface area contributed by atoms with E-state index in [-0.39, 0.29) is 43.7 Å². The van der Waals surface area contributed by atoms with Crippen molar-refractivity contribution in [3.63, 3.8) is 0 Å². The van der Waals surface area contributed by atoms with E-state index in [1.807, 2.05) is 4.90 Å². The summed E-state index contributed by atoms with van der Waals surface area (Å²) in [4.78, 5) is 51.8. The number of Topliss-reactive ketones (excluding diaryl/α,β-unsaturated/α-hetero) is 1. The summed E-state index contributed by atoms with van der Waals surface area (Å²) in [5, 5.41) is 5.61. The number of benzene rings is 1. The van der Waals surface area contributed by atoms with Crippen LogP contribution in [-0.2, 0) is 25.7 Å². The molecule has 0 spiro atoms. The lowest BCUT2D eigenvalue weighted by molar-refractivity contribution is -0.141. The number of hydrogen-bond donors (Lipinski definition) is 2. The molecule has 0 aliphatic carbocycles. The fourth-order valence-electron chi connectivity index (χ4n) is 5.29. The molecule has 1 aromatic carbocycles. The third-order valence-corrected chi connectivity index (χ3v) is 6.56. The Hall–Kier alpha value is -2.65. The number of fused-ring (bicyclic) bond motifs is 3. The van der Waals surface area contributed by atoms with Gasteiger partial charge in [-0.15, -0.1) is 0 Å². The minimum Gasteiger partial charge on any atom is -0.360 e. The summed E-state index contributed by atoms with van der Waals surface area (Å²) < 4.78 is 15.1. The lowest BCUT2D eigenvalue weighted by Crippen LogP contribution is -2.68. The maximum atomic E-state index is 15.1. The predicted molar refractivity (Wildman–Crippen MR) is 99.5 cm³/mol.